The molecule has 1 unspecified atom stereocenters. The van der Waals surface area contributed by atoms with Gasteiger partial charge >= 0.3 is 0 Å². The van der Waals surface area contributed by atoms with E-state index in [-0.39, 0.29) is 6.10 Å². The molecular formula is C27H30N2O2. The summed E-state index contributed by atoms with van der Waals surface area (Å²) in [7, 11) is 0. The molecule has 0 N–H and O–H groups in total. The van der Waals surface area contributed by atoms with Gasteiger partial charge in [0.05, 0.1) is 17.6 Å². The van der Waals surface area contributed by atoms with Crippen LogP contribution >= 0.6 is 0 Å². The van der Waals surface area contributed by atoms with Gasteiger partial charge in [0.2, 0.25) is 0 Å². The molecular weight excluding hydrogens is 384 g/mol. The average Bonchev–Trinajstić information content (AvgIpc) is 3.19. The molecule has 1 atom stereocenters. The smallest absolute Gasteiger partial charge is 0.153 e. The molecule has 0 aliphatic carbocycles. The average molecular weight is 415 g/mol. The number of fused-ring (bicyclic) bond motifs is 1. The second kappa shape index (κ2) is 10.2. The summed E-state index contributed by atoms with van der Waals surface area (Å²) < 4.78 is 14.4. The lowest BCUT2D eigenvalue weighted by Gasteiger charge is -2.17. The molecule has 3 aromatic carbocycles. The predicted molar refractivity (Wildman–Crippen MR) is 126 cm³/mol. The van der Waals surface area contributed by atoms with Crippen LogP contribution in [-0.4, -0.2) is 16.2 Å². The van der Waals surface area contributed by atoms with Crippen LogP contribution in [0.3, 0.4) is 0 Å². The van der Waals surface area contributed by atoms with Gasteiger partial charge in [0.1, 0.15) is 11.5 Å². The summed E-state index contributed by atoms with van der Waals surface area (Å²) in [5.74, 6) is 2.76. The molecule has 0 bridgehead atoms. The highest BCUT2D eigenvalue weighted by Gasteiger charge is 2.17. The molecule has 1 aromatic heterocycles. The molecule has 0 spiro atoms. The number of imidazole rings is 1. The van der Waals surface area contributed by atoms with Crippen molar-refractivity contribution in [2.45, 2.75) is 45.8 Å². The quantitative estimate of drug-likeness (QED) is 0.274. The molecule has 4 heteroatoms. The van der Waals surface area contributed by atoms with Crippen LogP contribution in [0.15, 0.2) is 78.9 Å². The first-order valence-electron chi connectivity index (χ1n) is 11.1. The molecule has 0 aliphatic rings. The Morgan fingerprint density at radius 2 is 1.58 bits per heavy atom. The number of ether oxygens (including phenoxy) is 2. The molecule has 0 amide bonds. The Kier molecular flexibility index (Phi) is 6.88. The number of benzene rings is 3. The molecule has 0 aliphatic heterocycles. The Bertz CT molecular complexity index is 1090. The summed E-state index contributed by atoms with van der Waals surface area (Å²) >= 11 is 0. The fourth-order valence-corrected chi connectivity index (χ4v) is 3.78. The highest BCUT2D eigenvalue weighted by Crippen LogP contribution is 2.25. The van der Waals surface area contributed by atoms with Crippen molar-refractivity contribution in [1.29, 1.82) is 0 Å². The van der Waals surface area contributed by atoms with Gasteiger partial charge in [-0.3, -0.25) is 0 Å². The van der Waals surface area contributed by atoms with Crippen molar-refractivity contribution >= 4 is 11.0 Å². The molecule has 1 heterocycles. The standard InChI is InChI=1S/C27H30N2O2/c1-3-22-15-17-23(18-16-22)30-20-10-9-19-29-26-14-8-7-13-25(26)28-27(29)21(2)31-24-11-5-4-6-12-24/h4-8,11-18,21H,3,9-10,19-20H2,1-2H3. The lowest BCUT2D eigenvalue weighted by molar-refractivity contribution is 0.211. The molecule has 0 saturated heterocycles. The second-order valence-corrected chi connectivity index (χ2v) is 7.74. The zero-order chi connectivity index (χ0) is 21.5. The Hall–Kier alpha value is -3.27. The number of hydrogen-bond acceptors (Lipinski definition) is 3. The minimum absolute atomic E-state index is 0.136. The van der Waals surface area contributed by atoms with Gasteiger partial charge in [0.15, 0.2) is 11.9 Å². The van der Waals surface area contributed by atoms with Gasteiger partial charge in [-0.05, 0) is 68.1 Å². The van der Waals surface area contributed by atoms with E-state index in [2.05, 4.69) is 60.9 Å². The minimum Gasteiger partial charge on any atom is -0.494 e. The van der Waals surface area contributed by atoms with E-state index in [1.165, 1.54) is 5.56 Å². The normalized spacial score (nSPS) is 12.1. The third kappa shape index (κ3) is 5.26. The minimum atomic E-state index is -0.136. The van der Waals surface area contributed by atoms with Crippen LogP contribution in [0.4, 0.5) is 0 Å². The predicted octanol–water partition coefficient (Wildman–Crippen LogP) is 6.60. The molecule has 0 fully saturated rings. The molecule has 160 valence electrons. The van der Waals surface area contributed by atoms with Crippen LogP contribution in [0.25, 0.3) is 11.0 Å². The van der Waals surface area contributed by atoms with E-state index in [4.69, 9.17) is 14.5 Å². The van der Waals surface area contributed by atoms with Crippen molar-refractivity contribution in [2.24, 2.45) is 0 Å². The number of unbranched alkanes of at least 4 members (excludes halogenated alkanes) is 1. The number of hydrogen-bond donors (Lipinski definition) is 0. The fourth-order valence-electron chi connectivity index (χ4n) is 3.78. The van der Waals surface area contributed by atoms with Gasteiger partial charge < -0.3 is 14.0 Å². The molecule has 4 aromatic rings. The van der Waals surface area contributed by atoms with Crippen molar-refractivity contribution in [1.82, 2.24) is 9.55 Å². The highest BCUT2D eigenvalue weighted by molar-refractivity contribution is 5.76. The number of aromatic nitrogens is 2. The SMILES string of the molecule is CCc1ccc(OCCCCn2c(C(C)Oc3ccccc3)nc3ccccc32)cc1. The Balaban J connectivity index is 1.39. The van der Waals surface area contributed by atoms with Crippen LogP contribution in [0.2, 0.25) is 0 Å². The van der Waals surface area contributed by atoms with Gasteiger partial charge in [-0.15, -0.1) is 0 Å². The van der Waals surface area contributed by atoms with E-state index in [1.54, 1.807) is 0 Å². The summed E-state index contributed by atoms with van der Waals surface area (Å²) in [5, 5.41) is 0. The Morgan fingerprint density at radius 3 is 2.35 bits per heavy atom. The summed E-state index contributed by atoms with van der Waals surface area (Å²) in [4.78, 5) is 4.88. The Morgan fingerprint density at radius 1 is 0.839 bits per heavy atom. The molecule has 4 nitrogen and oxygen atoms in total. The van der Waals surface area contributed by atoms with Crippen LogP contribution < -0.4 is 9.47 Å². The van der Waals surface area contributed by atoms with Crippen molar-refractivity contribution in [3.8, 4) is 11.5 Å². The van der Waals surface area contributed by atoms with E-state index in [0.29, 0.717) is 6.61 Å². The maximum absolute atomic E-state index is 6.17. The van der Waals surface area contributed by atoms with Crippen LogP contribution in [0.5, 0.6) is 11.5 Å². The van der Waals surface area contributed by atoms with Crippen molar-refractivity contribution in [2.75, 3.05) is 6.61 Å². The van der Waals surface area contributed by atoms with Crippen molar-refractivity contribution < 1.29 is 9.47 Å². The monoisotopic (exact) mass is 414 g/mol. The molecule has 0 radical (unpaired) electrons. The zero-order valence-corrected chi connectivity index (χ0v) is 18.3. The van der Waals surface area contributed by atoms with E-state index in [1.807, 2.05) is 36.4 Å². The van der Waals surface area contributed by atoms with E-state index >= 15 is 0 Å². The molecule has 0 saturated carbocycles. The van der Waals surface area contributed by atoms with Gasteiger partial charge in [-0.1, -0.05) is 49.4 Å². The van der Waals surface area contributed by atoms with Crippen molar-refractivity contribution in [3.63, 3.8) is 0 Å². The van der Waals surface area contributed by atoms with Gasteiger partial charge in [0.25, 0.3) is 0 Å². The van der Waals surface area contributed by atoms with Gasteiger partial charge in [0, 0.05) is 6.54 Å². The lowest BCUT2D eigenvalue weighted by Crippen LogP contribution is -2.12. The molecule has 31 heavy (non-hydrogen) atoms. The van der Waals surface area contributed by atoms with Crippen LogP contribution in [0, 0.1) is 0 Å². The lowest BCUT2D eigenvalue weighted by atomic mass is 10.2. The largest absolute Gasteiger partial charge is 0.494 e. The van der Waals surface area contributed by atoms with Crippen LogP contribution in [-0.2, 0) is 13.0 Å². The summed E-state index contributed by atoms with van der Waals surface area (Å²) in [6.45, 7) is 5.82. The number of rotatable bonds is 10. The topological polar surface area (TPSA) is 36.3 Å². The van der Waals surface area contributed by atoms with Crippen LogP contribution in [0.1, 0.15) is 44.2 Å². The fraction of sp³-hybridized carbons (Fsp3) is 0.296. The third-order valence-electron chi connectivity index (χ3n) is 5.48. The number of nitrogens with zero attached hydrogens (tertiary/aromatic N) is 2. The first-order valence-corrected chi connectivity index (χ1v) is 11.1. The summed E-state index contributed by atoms with van der Waals surface area (Å²) in [5.41, 5.74) is 3.49. The van der Waals surface area contributed by atoms with Crippen molar-refractivity contribution in [3.05, 3.63) is 90.3 Å². The molecule has 4 rings (SSSR count). The van der Waals surface area contributed by atoms with E-state index in [0.717, 1.165) is 54.2 Å². The number of aryl methyl sites for hydroxylation is 2. The number of para-hydroxylation sites is 3. The highest BCUT2D eigenvalue weighted by atomic mass is 16.5. The van der Waals surface area contributed by atoms with E-state index < -0.39 is 0 Å². The summed E-state index contributed by atoms with van der Waals surface area (Å²) in [6, 6.07) is 26.6. The summed E-state index contributed by atoms with van der Waals surface area (Å²) in [6.07, 6.45) is 2.91. The van der Waals surface area contributed by atoms with Gasteiger partial charge in [-0.2, -0.15) is 0 Å². The zero-order valence-electron chi connectivity index (χ0n) is 18.3. The maximum Gasteiger partial charge on any atom is 0.153 e. The maximum atomic E-state index is 6.17. The first-order chi connectivity index (χ1) is 15.2. The third-order valence-corrected chi connectivity index (χ3v) is 5.48. The van der Waals surface area contributed by atoms with E-state index in [9.17, 15) is 0 Å². The first kappa shape index (κ1) is 21.0. The Labute approximate surface area is 184 Å². The second-order valence-electron chi connectivity index (χ2n) is 7.74. The van der Waals surface area contributed by atoms with Gasteiger partial charge in [-0.25, -0.2) is 4.98 Å².